The molecule has 1 aliphatic rings. The Hall–Kier alpha value is -2.66. The molecule has 2 heterocycles. The summed E-state index contributed by atoms with van der Waals surface area (Å²) in [6.45, 7) is 0. The molecule has 0 saturated heterocycles. The quantitative estimate of drug-likeness (QED) is 0.796. The Kier molecular flexibility index (Phi) is 2.49. The number of alkyl halides is 4. The van der Waals surface area contributed by atoms with Gasteiger partial charge in [-0.25, -0.2) is 14.3 Å². The Morgan fingerprint density at radius 2 is 1.67 bits per heavy atom. The van der Waals surface area contributed by atoms with Gasteiger partial charge in [-0.05, 0) is 10.4 Å². The summed E-state index contributed by atoms with van der Waals surface area (Å²) in [5.74, 6) is -3.05. The normalized spacial score (nSPS) is 18.5. The molecule has 12 heteroatoms. The molecular formula is C9H3F5N4O3. The predicted octanol–water partition coefficient (Wildman–Crippen LogP) is 1.05. The van der Waals surface area contributed by atoms with Crippen molar-refractivity contribution in [1.82, 2.24) is 20.2 Å². The fourth-order valence-corrected chi connectivity index (χ4v) is 1.60. The van der Waals surface area contributed by atoms with Crippen molar-refractivity contribution in [3.63, 3.8) is 0 Å². The smallest absolute Gasteiger partial charge is 0.421 e. The zero-order valence-corrected chi connectivity index (χ0v) is 9.61. The van der Waals surface area contributed by atoms with Crippen LogP contribution < -0.4 is 15.2 Å². The molecule has 0 saturated carbocycles. The average molecular weight is 310 g/mol. The van der Waals surface area contributed by atoms with Crippen molar-refractivity contribution in [2.75, 3.05) is 0 Å². The van der Waals surface area contributed by atoms with Gasteiger partial charge in [0.1, 0.15) is 5.69 Å². The molecule has 3 rings (SSSR count). The van der Waals surface area contributed by atoms with Gasteiger partial charge in [0.05, 0.1) is 0 Å². The number of benzene rings is 1. The highest BCUT2D eigenvalue weighted by atomic mass is 19.3. The maximum atomic E-state index is 13.8. The van der Waals surface area contributed by atoms with Gasteiger partial charge in [0.2, 0.25) is 0 Å². The third kappa shape index (κ3) is 1.90. The van der Waals surface area contributed by atoms with Crippen LogP contribution in [0.2, 0.25) is 0 Å². The molecule has 21 heavy (non-hydrogen) atoms. The lowest BCUT2D eigenvalue weighted by molar-refractivity contribution is -0.391. The number of nitrogens with zero attached hydrogens (tertiary/aromatic N) is 3. The molecular weight excluding hydrogens is 307 g/mol. The van der Waals surface area contributed by atoms with Crippen LogP contribution in [0, 0.1) is 5.82 Å². The van der Waals surface area contributed by atoms with E-state index < -0.39 is 40.9 Å². The van der Waals surface area contributed by atoms with Crippen molar-refractivity contribution in [2.45, 2.75) is 12.2 Å². The highest BCUT2D eigenvalue weighted by molar-refractivity contribution is 5.50. The van der Waals surface area contributed by atoms with Gasteiger partial charge >= 0.3 is 17.9 Å². The third-order valence-electron chi connectivity index (χ3n) is 2.53. The van der Waals surface area contributed by atoms with Crippen LogP contribution in [-0.2, 0) is 0 Å². The predicted molar refractivity (Wildman–Crippen MR) is 53.1 cm³/mol. The van der Waals surface area contributed by atoms with Crippen molar-refractivity contribution >= 4 is 0 Å². The number of H-pyrrole nitrogens is 1. The maximum absolute atomic E-state index is 13.8. The topological polar surface area (TPSA) is 82.0 Å². The lowest BCUT2D eigenvalue weighted by Crippen LogP contribution is -2.52. The zero-order chi connectivity index (χ0) is 15.4. The number of aromatic amines is 1. The number of ether oxygens (including phenoxy) is 2. The Bertz CT molecular complexity index is 771. The molecule has 7 nitrogen and oxygen atoms in total. The largest absolute Gasteiger partial charge is 0.507 e. The zero-order valence-electron chi connectivity index (χ0n) is 9.61. The summed E-state index contributed by atoms with van der Waals surface area (Å²) in [6, 6.07) is 0.937. The summed E-state index contributed by atoms with van der Waals surface area (Å²) in [5, 5.41) is 8.10. The van der Waals surface area contributed by atoms with Gasteiger partial charge in [0.15, 0.2) is 17.3 Å². The van der Waals surface area contributed by atoms with Gasteiger partial charge in [0.25, 0.3) is 0 Å². The Morgan fingerprint density at radius 1 is 1.10 bits per heavy atom. The second kappa shape index (κ2) is 3.93. The Labute approximate surface area is 110 Å². The molecule has 0 spiro atoms. The van der Waals surface area contributed by atoms with Crippen LogP contribution in [0.5, 0.6) is 11.5 Å². The van der Waals surface area contributed by atoms with E-state index in [0.717, 1.165) is 0 Å². The van der Waals surface area contributed by atoms with Gasteiger partial charge < -0.3 is 9.47 Å². The fraction of sp³-hybridized carbons (Fsp3) is 0.222. The molecule has 2 aromatic rings. The van der Waals surface area contributed by atoms with Crippen LogP contribution in [0.3, 0.4) is 0 Å². The van der Waals surface area contributed by atoms with Gasteiger partial charge in [-0.15, -0.1) is 0 Å². The third-order valence-corrected chi connectivity index (χ3v) is 2.53. The fourth-order valence-electron chi connectivity index (χ4n) is 1.60. The van der Waals surface area contributed by atoms with Crippen LogP contribution in [0.25, 0.3) is 5.69 Å². The minimum atomic E-state index is -4.96. The molecule has 0 radical (unpaired) electrons. The second-order valence-electron chi connectivity index (χ2n) is 3.91. The summed E-state index contributed by atoms with van der Waals surface area (Å²) in [7, 11) is 0. The molecule has 0 fully saturated rings. The van der Waals surface area contributed by atoms with E-state index in [1.165, 1.54) is 0 Å². The van der Waals surface area contributed by atoms with E-state index >= 15 is 0 Å². The number of fused-ring (bicyclic) bond motifs is 1. The van der Waals surface area contributed by atoms with Crippen molar-refractivity contribution < 1.29 is 31.4 Å². The van der Waals surface area contributed by atoms with Crippen LogP contribution in [0.15, 0.2) is 16.9 Å². The highest BCUT2D eigenvalue weighted by Crippen LogP contribution is 2.47. The van der Waals surface area contributed by atoms with E-state index in [4.69, 9.17) is 0 Å². The monoisotopic (exact) mass is 310 g/mol. The lowest BCUT2D eigenvalue weighted by atomic mass is 10.2. The van der Waals surface area contributed by atoms with E-state index in [1.807, 2.05) is 5.10 Å². The molecule has 0 aliphatic carbocycles. The van der Waals surface area contributed by atoms with Gasteiger partial charge in [0, 0.05) is 12.1 Å². The minimum absolute atomic E-state index is 0.370. The summed E-state index contributed by atoms with van der Waals surface area (Å²) in [6.07, 6.45) is -9.91. The molecule has 0 amide bonds. The van der Waals surface area contributed by atoms with Crippen molar-refractivity contribution in [3.8, 4) is 17.2 Å². The maximum Gasteiger partial charge on any atom is 0.507 e. The van der Waals surface area contributed by atoms with Crippen LogP contribution in [0.1, 0.15) is 0 Å². The van der Waals surface area contributed by atoms with Crippen molar-refractivity contribution in [2.24, 2.45) is 0 Å². The molecule has 0 bridgehead atoms. The van der Waals surface area contributed by atoms with Crippen molar-refractivity contribution in [3.05, 3.63) is 28.4 Å². The summed E-state index contributed by atoms with van der Waals surface area (Å²) < 4.78 is 73.6. The van der Waals surface area contributed by atoms with Crippen LogP contribution >= 0.6 is 0 Å². The first kappa shape index (κ1) is 13.3. The Balaban J connectivity index is 2.15. The van der Waals surface area contributed by atoms with E-state index in [0.29, 0.717) is 16.8 Å². The standard InChI is InChI=1S/C9H3F5N4O3/c10-3-1-5-6(21-9(13,14)8(11,12)20-5)2-4(3)18-7(19)15-16-17-18/h1-2H,(H,15,17,19). The summed E-state index contributed by atoms with van der Waals surface area (Å²) in [4.78, 5) is 11.2. The van der Waals surface area contributed by atoms with Gasteiger partial charge in [-0.2, -0.15) is 22.2 Å². The van der Waals surface area contributed by atoms with Gasteiger partial charge in [-0.1, -0.05) is 0 Å². The van der Waals surface area contributed by atoms with Gasteiger partial charge in [-0.3, -0.25) is 0 Å². The highest BCUT2D eigenvalue weighted by Gasteiger charge is 2.66. The lowest BCUT2D eigenvalue weighted by Gasteiger charge is -2.31. The number of rotatable bonds is 1. The first-order chi connectivity index (χ1) is 9.71. The number of nitrogens with one attached hydrogen (secondary N) is 1. The summed E-state index contributed by atoms with van der Waals surface area (Å²) >= 11 is 0. The molecule has 1 N–H and O–H groups in total. The van der Waals surface area contributed by atoms with E-state index in [9.17, 15) is 26.7 Å². The van der Waals surface area contributed by atoms with Crippen LogP contribution in [-0.4, -0.2) is 32.4 Å². The average Bonchev–Trinajstić information content (AvgIpc) is 2.76. The van der Waals surface area contributed by atoms with E-state index in [2.05, 4.69) is 19.9 Å². The molecule has 1 aliphatic heterocycles. The second-order valence-corrected chi connectivity index (χ2v) is 3.91. The molecule has 1 aromatic carbocycles. The Morgan fingerprint density at radius 3 is 2.19 bits per heavy atom. The molecule has 1 aromatic heterocycles. The minimum Gasteiger partial charge on any atom is -0.421 e. The first-order valence-electron chi connectivity index (χ1n) is 5.19. The number of hydrogen-bond acceptors (Lipinski definition) is 5. The van der Waals surface area contributed by atoms with E-state index in [1.54, 1.807) is 0 Å². The van der Waals surface area contributed by atoms with Crippen LogP contribution in [0.4, 0.5) is 22.0 Å². The van der Waals surface area contributed by atoms with E-state index in [-0.39, 0.29) is 0 Å². The number of tetrazole rings is 1. The number of aromatic nitrogens is 4. The molecule has 0 atom stereocenters. The summed E-state index contributed by atoms with van der Waals surface area (Å²) in [5.41, 5.74) is -1.60. The number of hydrogen-bond donors (Lipinski definition) is 1. The molecule has 0 unspecified atom stereocenters. The first-order valence-corrected chi connectivity index (χ1v) is 5.19. The number of halogens is 5. The molecule has 112 valence electrons. The van der Waals surface area contributed by atoms with Crippen molar-refractivity contribution in [1.29, 1.82) is 0 Å². The SMILES string of the molecule is O=c1[nH]nnn1-c1cc2c(cc1F)OC(F)(F)C(F)(F)O2.